The lowest BCUT2D eigenvalue weighted by molar-refractivity contribution is -0.120. The van der Waals surface area contributed by atoms with Crippen LogP contribution in [0.3, 0.4) is 0 Å². The molecule has 0 saturated heterocycles. The number of rotatable bonds is 7. The highest BCUT2D eigenvalue weighted by molar-refractivity contribution is 7.10. The van der Waals surface area contributed by atoms with Crippen molar-refractivity contribution in [3.8, 4) is 22.8 Å². The molecule has 23 heavy (non-hydrogen) atoms. The fourth-order valence-electron chi connectivity index (χ4n) is 2.18. The molecule has 0 aliphatic rings. The maximum absolute atomic E-state index is 11.6. The molecule has 1 heterocycles. The van der Waals surface area contributed by atoms with Crippen LogP contribution < -0.4 is 11.5 Å². The number of amides is 2. The molecule has 0 saturated carbocycles. The van der Waals surface area contributed by atoms with Crippen LogP contribution in [0.15, 0.2) is 23.6 Å². The molecule has 1 aromatic heterocycles. The molecule has 0 fully saturated rings. The zero-order chi connectivity index (χ0) is 17.0. The Hall–Kier alpha value is -2.61. The van der Waals surface area contributed by atoms with Crippen molar-refractivity contribution < 1.29 is 19.8 Å². The van der Waals surface area contributed by atoms with Crippen LogP contribution in [0, 0.1) is 0 Å². The average Bonchev–Trinajstić information content (AvgIpc) is 2.92. The molecule has 2 aromatic rings. The van der Waals surface area contributed by atoms with Crippen molar-refractivity contribution in [3.63, 3.8) is 0 Å². The van der Waals surface area contributed by atoms with E-state index in [0.717, 1.165) is 0 Å². The van der Waals surface area contributed by atoms with Crippen LogP contribution in [0.2, 0.25) is 0 Å². The molecule has 0 aliphatic heterocycles. The first-order chi connectivity index (χ1) is 10.9. The molecule has 1 aromatic carbocycles. The third kappa shape index (κ3) is 4.19. The number of carbonyl (C=O) groups excluding carboxylic acids is 2. The molecule has 122 valence electrons. The van der Waals surface area contributed by atoms with Gasteiger partial charge < -0.3 is 21.7 Å². The summed E-state index contributed by atoms with van der Waals surface area (Å²) in [5.41, 5.74) is 11.4. The Morgan fingerprint density at radius 3 is 2.61 bits per heavy atom. The second kappa shape index (κ2) is 7.10. The van der Waals surface area contributed by atoms with Crippen LogP contribution in [0.5, 0.6) is 11.5 Å². The number of aromatic nitrogens is 1. The van der Waals surface area contributed by atoms with E-state index in [1.54, 1.807) is 5.38 Å². The molecule has 1 atom stereocenters. The summed E-state index contributed by atoms with van der Waals surface area (Å²) in [7, 11) is 0. The summed E-state index contributed by atoms with van der Waals surface area (Å²) >= 11 is 1.25. The number of phenols is 2. The lowest BCUT2D eigenvalue weighted by atomic mass is 10.0. The molecule has 0 bridgehead atoms. The normalized spacial score (nSPS) is 12.0. The number of hydrogen-bond acceptors (Lipinski definition) is 6. The maximum atomic E-state index is 11.6. The van der Waals surface area contributed by atoms with Gasteiger partial charge in [-0.05, 0) is 25.0 Å². The Morgan fingerprint density at radius 2 is 2.00 bits per heavy atom. The minimum Gasteiger partial charge on any atom is -0.508 e. The Morgan fingerprint density at radius 1 is 1.26 bits per heavy atom. The number of benzene rings is 1. The lowest BCUT2D eigenvalue weighted by Gasteiger charge is -2.09. The number of hydrogen-bond donors (Lipinski definition) is 4. The van der Waals surface area contributed by atoms with E-state index in [1.807, 2.05) is 0 Å². The zero-order valence-corrected chi connectivity index (χ0v) is 13.0. The summed E-state index contributed by atoms with van der Waals surface area (Å²) in [6.07, 6.45) is 1.01. The van der Waals surface area contributed by atoms with Gasteiger partial charge in [-0.3, -0.25) is 9.59 Å². The first-order valence-electron chi connectivity index (χ1n) is 6.94. The van der Waals surface area contributed by atoms with E-state index in [1.165, 1.54) is 29.5 Å². The Bertz CT molecular complexity index is 729. The molecular formula is C15H17N3O4S. The summed E-state index contributed by atoms with van der Waals surface area (Å²) in [4.78, 5) is 26.8. The molecule has 1 unspecified atom stereocenters. The Balaban J connectivity index is 2.21. The van der Waals surface area contributed by atoms with E-state index < -0.39 is 17.7 Å². The molecule has 8 heteroatoms. The van der Waals surface area contributed by atoms with Crippen LogP contribution >= 0.6 is 11.3 Å². The van der Waals surface area contributed by atoms with Gasteiger partial charge in [0.05, 0.1) is 11.6 Å². The van der Waals surface area contributed by atoms with Gasteiger partial charge in [-0.1, -0.05) is 0 Å². The van der Waals surface area contributed by atoms with Crippen molar-refractivity contribution in [2.24, 2.45) is 11.5 Å². The first-order valence-corrected chi connectivity index (χ1v) is 7.82. The second-order valence-electron chi connectivity index (χ2n) is 5.09. The van der Waals surface area contributed by atoms with Gasteiger partial charge in [0.25, 0.3) is 0 Å². The number of carbonyl (C=O) groups is 2. The fourth-order valence-corrected chi connectivity index (χ4v) is 3.14. The monoisotopic (exact) mass is 335 g/mol. The number of primary amides is 2. The van der Waals surface area contributed by atoms with Crippen LogP contribution in [0.25, 0.3) is 11.3 Å². The molecule has 6 N–H and O–H groups in total. The van der Waals surface area contributed by atoms with Crippen molar-refractivity contribution >= 4 is 23.2 Å². The van der Waals surface area contributed by atoms with E-state index in [2.05, 4.69) is 4.98 Å². The highest BCUT2D eigenvalue weighted by Crippen LogP contribution is 2.35. The lowest BCUT2D eigenvalue weighted by Crippen LogP contribution is -2.22. The van der Waals surface area contributed by atoms with Gasteiger partial charge in [0.2, 0.25) is 11.8 Å². The minimum atomic E-state index is -0.604. The highest BCUT2D eigenvalue weighted by Gasteiger charge is 2.22. The number of nitrogens with zero attached hydrogens (tertiary/aromatic N) is 1. The molecule has 0 aliphatic carbocycles. The Labute approximate surface area is 136 Å². The second-order valence-corrected chi connectivity index (χ2v) is 5.98. The highest BCUT2D eigenvalue weighted by atomic mass is 32.1. The van der Waals surface area contributed by atoms with Crippen molar-refractivity contribution in [2.75, 3.05) is 0 Å². The van der Waals surface area contributed by atoms with Gasteiger partial charge in [0, 0.05) is 23.4 Å². The molecule has 2 amide bonds. The van der Waals surface area contributed by atoms with E-state index in [4.69, 9.17) is 11.5 Å². The van der Waals surface area contributed by atoms with Crippen molar-refractivity contribution in [2.45, 2.75) is 25.2 Å². The summed E-state index contributed by atoms with van der Waals surface area (Å²) < 4.78 is 0. The zero-order valence-electron chi connectivity index (χ0n) is 12.2. The van der Waals surface area contributed by atoms with E-state index >= 15 is 0 Å². The summed E-state index contributed by atoms with van der Waals surface area (Å²) in [6.45, 7) is 0. The summed E-state index contributed by atoms with van der Waals surface area (Å²) in [5, 5.41) is 21.4. The quantitative estimate of drug-likeness (QED) is 0.606. The van der Waals surface area contributed by atoms with Crippen LogP contribution in [0.4, 0.5) is 0 Å². The average molecular weight is 335 g/mol. The molecule has 0 radical (unpaired) electrons. The predicted octanol–water partition coefficient (Wildman–Crippen LogP) is 1.45. The van der Waals surface area contributed by atoms with Gasteiger partial charge >= 0.3 is 0 Å². The van der Waals surface area contributed by atoms with Gasteiger partial charge in [0.1, 0.15) is 16.5 Å². The maximum Gasteiger partial charge on any atom is 0.227 e. The van der Waals surface area contributed by atoms with Crippen LogP contribution in [0.1, 0.15) is 30.2 Å². The van der Waals surface area contributed by atoms with Crippen molar-refractivity contribution in [3.05, 3.63) is 28.6 Å². The largest absolute Gasteiger partial charge is 0.508 e. The molecule has 0 spiro atoms. The van der Waals surface area contributed by atoms with E-state index in [-0.39, 0.29) is 17.9 Å². The van der Waals surface area contributed by atoms with Gasteiger partial charge in [-0.2, -0.15) is 0 Å². The Kier molecular flexibility index (Phi) is 5.17. The van der Waals surface area contributed by atoms with E-state index in [9.17, 15) is 19.8 Å². The third-order valence-electron chi connectivity index (χ3n) is 3.34. The van der Waals surface area contributed by atoms with Gasteiger partial charge in [-0.25, -0.2) is 4.98 Å². The number of aromatic hydroxyl groups is 2. The molecule has 2 rings (SSSR count). The number of thiazole rings is 1. The number of phenolic OH excluding ortho intramolecular Hbond substituents is 2. The van der Waals surface area contributed by atoms with Crippen LogP contribution in [-0.4, -0.2) is 27.0 Å². The van der Waals surface area contributed by atoms with Gasteiger partial charge in [0.15, 0.2) is 0 Å². The van der Waals surface area contributed by atoms with E-state index in [0.29, 0.717) is 29.1 Å². The van der Waals surface area contributed by atoms with Crippen molar-refractivity contribution in [1.29, 1.82) is 0 Å². The van der Waals surface area contributed by atoms with Crippen molar-refractivity contribution in [1.82, 2.24) is 4.98 Å². The van der Waals surface area contributed by atoms with Gasteiger partial charge in [-0.15, -0.1) is 11.3 Å². The summed E-state index contributed by atoms with van der Waals surface area (Å²) in [6, 6.07) is 4.19. The molecular weight excluding hydrogens is 318 g/mol. The predicted molar refractivity (Wildman–Crippen MR) is 85.9 cm³/mol. The summed E-state index contributed by atoms with van der Waals surface area (Å²) in [5.74, 6) is -1.71. The minimum absolute atomic E-state index is 0.0526. The smallest absolute Gasteiger partial charge is 0.227 e. The topological polar surface area (TPSA) is 140 Å². The fraction of sp³-hybridized carbons (Fsp3) is 0.267. The standard InChI is InChI=1S/C15H17N3O4S/c16-13(21)3-1-2-10(14(17)22)15-18-11(7-23-15)9-5-4-8(19)6-12(9)20/h4-7,10,19-20H,1-3H2,(H2,16,21)(H2,17,22). The molecule has 7 nitrogen and oxygen atoms in total. The van der Waals surface area contributed by atoms with Crippen LogP contribution in [-0.2, 0) is 9.59 Å². The third-order valence-corrected chi connectivity index (χ3v) is 4.30. The SMILES string of the molecule is NC(=O)CCCC(C(N)=O)c1nc(-c2ccc(O)cc2O)cs1. The number of nitrogens with two attached hydrogens (primary N) is 2. The first kappa shape index (κ1) is 16.8.